The van der Waals surface area contributed by atoms with E-state index in [2.05, 4.69) is 48.3 Å². The Kier molecular flexibility index (Phi) is 5.84. The Morgan fingerprint density at radius 2 is 1.62 bits per heavy atom. The van der Waals surface area contributed by atoms with Crippen LogP contribution in [0.4, 0.5) is 5.69 Å². The lowest BCUT2D eigenvalue weighted by Crippen LogP contribution is -2.34. The number of fused-ring (bicyclic) bond motifs is 1. The van der Waals surface area contributed by atoms with E-state index in [0.29, 0.717) is 6.61 Å². The molecule has 3 aromatic carbocycles. The predicted molar refractivity (Wildman–Crippen MR) is 117 cm³/mol. The topological polar surface area (TPSA) is 58.7 Å². The van der Waals surface area contributed by atoms with Crippen LogP contribution in [0.15, 0.2) is 72.8 Å². The summed E-state index contributed by atoms with van der Waals surface area (Å²) in [5, 5.41) is 10.6. The van der Waals surface area contributed by atoms with Gasteiger partial charge in [0.15, 0.2) is 0 Å². The normalized spacial score (nSPS) is 18.2. The predicted octanol–water partition coefficient (Wildman–Crippen LogP) is 4.21. The van der Waals surface area contributed by atoms with Gasteiger partial charge in [-0.05, 0) is 41.2 Å². The highest BCUT2D eigenvalue weighted by Gasteiger charge is 2.29. The molecular weight excluding hydrogens is 360 g/mol. The second-order valence-electron chi connectivity index (χ2n) is 7.74. The monoisotopic (exact) mass is 388 g/mol. The molecule has 0 aromatic heterocycles. The van der Waals surface area contributed by atoms with Gasteiger partial charge in [0.1, 0.15) is 12.4 Å². The van der Waals surface area contributed by atoms with Gasteiger partial charge in [-0.3, -0.25) is 0 Å². The van der Waals surface area contributed by atoms with Crippen LogP contribution in [0.1, 0.15) is 34.8 Å². The Balaban J connectivity index is 1.68. The number of rotatable bonds is 6. The fourth-order valence-electron chi connectivity index (χ4n) is 4.08. The molecule has 0 heterocycles. The largest absolute Gasteiger partial charge is 0.487 e. The quantitative estimate of drug-likeness (QED) is 0.664. The first kappa shape index (κ1) is 19.5. The summed E-state index contributed by atoms with van der Waals surface area (Å²) in [6, 6.07) is 24.3. The minimum Gasteiger partial charge on any atom is -0.487 e. The molecule has 1 aliphatic rings. The lowest BCUT2D eigenvalue weighted by molar-refractivity contribution is 0.133. The van der Waals surface area contributed by atoms with Crippen LogP contribution in [-0.2, 0) is 19.6 Å². The average molecular weight is 389 g/mol. The molecule has 4 nitrogen and oxygen atoms in total. The van der Waals surface area contributed by atoms with Crippen molar-refractivity contribution in [1.29, 1.82) is 0 Å². The molecule has 29 heavy (non-hydrogen) atoms. The molecule has 0 saturated carbocycles. The maximum Gasteiger partial charge on any atom is 0.143 e. The third kappa shape index (κ3) is 4.29. The van der Waals surface area contributed by atoms with Crippen LogP contribution in [0.3, 0.4) is 0 Å². The van der Waals surface area contributed by atoms with Crippen molar-refractivity contribution < 1.29 is 9.84 Å². The number of ether oxygens (including phenoxy) is 1. The van der Waals surface area contributed by atoms with Crippen molar-refractivity contribution in [2.24, 2.45) is 5.73 Å². The van der Waals surface area contributed by atoms with E-state index in [1.807, 2.05) is 36.4 Å². The van der Waals surface area contributed by atoms with Crippen LogP contribution in [0.25, 0.3) is 0 Å². The van der Waals surface area contributed by atoms with E-state index in [9.17, 15) is 5.11 Å². The summed E-state index contributed by atoms with van der Waals surface area (Å²) < 4.78 is 6.26. The Morgan fingerprint density at radius 1 is 0.966 bits per heavy atom. The minimum absolute atomic E-state index is 0.217. The number of anilines is 1. The van der Waals surface area contributed by atoms with E-state index in [1.54, 1.807) is 0 Å². The molecule has 0 unspecified atom stereocenters. The summed E-state index contributed by atoms with van der Waals surface area (Å²) in [5.41, 5.74) is 11.6. The zero-order valence-electron chi connectivity index (χ0n) is 16.8. The zero-order valence-corrected chi connectivity index (χ0v) is 16.8. The standard InChI is InChI=1S/C25H28N2O2/c1-27(16-18-8-4-2-5-9-18)24-20-12-14-22(26)25(28)21(20)13-15-23(24)29-17-19-10-6-3-7-11-19/h2-11,13,15,22,25,28H,12,14,16-17,26H2,1H3/t22-,25-/m0/s1. The molecular formula is C25H28N2O2. The smallest absolute Gasteiger partial charge is 0.143 e. The van der Waals surface area contributed by atoms with Gasteiger partial charge >= 0.3 is 0 Å². The highest BCUT2D eigenvalue weighted by molar-refractivity contribution is 5.67. The summed E-state index contributed by atoms with van der Waals surface area (Å²) in [6.45, 7) is 1.27. The van der Waals surface area contributed by atoms with Gasteiger partial charge in [-0.15, -0.1) is 0 Å². The van der Waals surface area contributed by atoms with E-state index in [1.165, 1.54) is 5.56 Å². The summed E-state index contributed by atoms with van der Waals surface area (Å²) in [4.78, 5) is 2.22. The molecule has 3 aromatic rings. The number of nitrogens with two attached hydrogens (primary N) is 1. The molecule has 0 fully saturated rings. The van der Waals surface area contributed by atoms with Crippen LogP contribution in [0.2, 0.25) is 0 Å². The molecule has 0 saturated heterocycles. The van der Waals surface area contributed by atoms with Crippen LogP contribution in [0.5, 0.6) is 5.75 Å². The number of hydrogen-bond acceptors (Lipinski definition) is 4. The highest BCUT2D eigenvalue weighted by Crippen LogP contribution is 2.41. The van der Waals surface area contributed by atoms with Crippen LogP contribution >= 0.6 is 0 Å². The van der Waals surface area contributed by atoms with E-state index < -0.39 is 6.10 Å². The van der Waals surface area contributed by atoms with Crippen molar-refractivity contribution in [3.8, 4) is 5.75 Å². The third-order valence-electron chi connectivity index (χ3n) is 5.62. The second kappa shape index (κ2) is 8.68. The van der Waals surface area contributed by atoms with Crippen molar-refractivity contribution in [2.75, 3.05) is 11.9 Å². The number of aliphatic hydroxyl groups is 1. The SMILES string of the molecule is CN(Cc1ccccc1)c1c(OCc2ccccc2)ccc2c1CC[C@H](N)[C@H]2O. The van der Waals surface area contributed by atoms with Gasteiger partial charge in [-0.1, -0.05) is 66.7 Å². The summed E-state index contributed by atoms with van der Waals surface area (Å²) in [7, 11) is 2.08. The van der Waals surface area contributed by atoms with Crippen molar-refractivity contribution in [2.45, 2.75) is 38.1 Å². The molecule has 4 rings (SSSR count). The van der Waals surface area contributed by atoms with Crippen molar-refractivity contribution in [3.63, 3.8) is 0 Å². The van der Waals surface area contributed by atoms with Gasteiger partial charge in [0.25, 0.3) is 0 Å². The van der Waals surface area contributed by atoms with Gasteiger partial charge in [0, 0.05) is 19.6 Å². The first-order chi connectivity index (χ1) is 14.1. The average Bonchev–Trinajstić information content (AvgIpc) is 2.76. The molecule has 4 heteroatoms. The number of aliphatic hydroxyl groups excluding tert-OH is 1. The fraction of sp³-hybridized carbons (Fsp3) is 0.280. The molecule has 0 radical (unpaired) electrons. The molecule has 0 spiro atoms. The lowest BCUT2D eigenvalue weighted by atomic mass is 9.84. The van der Waals surface area contributed by atoms with E-state index in [0.717, 1.165) is 47.5 Å². The van der Waals surface area contributed by atoms with Crippen LogP contribution in [0, 0.1) is 0 Å². The maximum atomic E-state index is 10.6. The molecule has 2 atom stereocenters. The minimum atomic E-state index is -0.634. The first-order valence-electron chi connectivity index (χ1n) is 10.1. The van der Waals surface area contributed by atoms with Crippen molar-refractivity contribution in [3.05, 3.63) is 95.1 Å². The highest BCUT2D eigenvalue weighted by atomic mass is 16.5. The number of benzene rings is 3. The second-order valence-corrected chi connectivity index (χ2v) is 7.74. The third-order valence-corrected chi connectivity index (χ3v) is 5.62. The molecule has 3 N–H and O–H groups in total. The van der Waals surface area contributed by atoms with Crippen molar-refractivity contribution >= 4 is 5.69 Å². The zero-order chi connectivity index (χ0) is 20.2. The van der Waals surface area contributed by atoms with Crippen LogP contribution in [-0.4, -0.2) is 18.2 Å². The maximum absolute atomic E-state index is 10.6. The van der Waals surface area contributed by atoms with Gasteiger partial charge in [0.05, 0.1) is 11.8 Å². The van der Waals surface area contributed by atoms with E-state index >= 15 is 0 Å². The molecule has 0 aliphatic heterocycles. The Labute approximate surface area is 172 Å². The van der Waals surface area contributed by atoms with E-state index in [-0.39, 0.29) is 6.04 Å². The summed E-state index contributed by atoms with van der Waals surface area (Å²) in [5.74, 6) is 0.841. The van der Waals surface area contributed by atoms with Gasteiger partial charge in [0.2, 0.25) is 0 Å². The first-order valence-corrected chi connectivity index (χ1v) is 10.1. The Hall–Kier alpha value is -2.82. The number of nitrogens with zero attached hydrogens (tertiary/aromatic N) is 1. The van der Waals surface area contributed by atoms with Gasteiger partial charge in [-0.25, -0.2) is 0 Å². The fourth-order valence-corrected chi connectivity index (χ4v) is 4.08. The Morgan fingerprint density at radius 3 is 2.31 bits per heavy atom. The van der Waals surface area contributed by atoms with Gasteiger partial charge in [-0.2, -0.15) is 0 Å². The molecule has 0 bridgehead atoms. The summed E-state index contributed by atoms with van der Waals surface area (Å²) in [6.07, 6.45) is 0.971. The molecule has 0 amide bonds. The van der Waals surface area contributed by atoms with Crippen LogP contribution < -0.4 is 15.4 Å². The summed E-state index contributed by atoms with van der Waals surface area (Å²) >= 11 is 0. The molecule has 1 aliphatic carbocycles. The van der Waals surface area contributed by atoms with E-state index in [4.69, 9.17) is 10.5 Å². The number of hydrogen-bond donors (Lipinski definition) is 2. The van der Waals surface area contributed by atoms with Crippen molar-refractivity contribution in [1.82, 2.24) is 0 Å². The lowest BCUT2D eigenvalue weighted by Gasteiger charge is -2.33. The Bertz CT molecular complexity index is 944. The molecule has 150 valence electrons. The van der Waals surface area contributed by atoms with Gasteiger partial charge < -0.3 is 20.5 Å².